The van der Waals surface area contributed by atoms with Crippen molar-refractivity contribution in [3.05, 3.63) is 52.1 Å². The highest BCUT2D eigenvalue weighted by molar-refractivity contribution is 5.97. The summed E-state index contributed by atoms with van der Waals surface area (Å²) < 4.78 is 15.8. The first-order valence-corrected chi connectivity index (χ1v) is 6.21. The van der Waals surface area contributed by atoms with E-state index in [4.69, 9.17) is 10.9 Å². The second kappa shape index (κ2) is 5.32. The van der Waals surface area contributed by atoms with Gasteiger partial charge >= 0.3 is 0 Å². The molecular weight excluding hydrogens is 259 g/mol. The Labute approximate surface area is 116 Å². The van der Waals surface area contributed by atoms with Crippen molar-refractivity contribution in [1.29, 1.82) is 0 Å². The third-order valence-electron chi connectivity index (χ3n) is 3.52. The Morgan fingerprint density at radius 1 is 1.40 bits per heavy atom. The molecule has 1 aromatic heterocycles. The molecule has 5 nitrogen and oxygen atoms in total. The average molecular weight is 276 g/mol. The number of benzene rings is 1. The molecule has 6 heteroatoms. The number of aryl methyl sites for hydroxylation is 1. The Bertz CT molecular complexity index is 676. The lowest BCUT2D eigenvalue weighted by atomic mass is 10.1. The molecule has 0 amide bonds. The van der Waals surface area contributed by atoms with Crippen molar-refractivity contribution in [2.24, 2.45) is 10.9 Å². The van der Waals surface area contributed by atoms with Crippen LogP contribution in [-0.2, 0) is 6.54 Å². The molecule has 0 aliphatic carbocycles. The van der Waals surface area contributed by atoms with Gasteiger partial charge in [-0.15, -0.1) is 0 Å². The molecular formula is C14H17FN4O. The number of rotatable bonds is 3. The minimum absolute atomic E-state index is 0.114. The maximum Gasteiger partial charge on any atom is 0.170 e. The summed E-state index contributed by atoms with van der Waals surface area (Å²) in [5, 5.41) is 15.8. The van der Waals surface area contributed by atoms with Gasteiger partial charge in [0, 0.05) is 16.8 Å². The Morgan fingerprint density at radius 2 is 2.10 bits per heavy atom. The number of aromatic nitrogens is 2. The molecule has 3 N–H and O–H groups in total. The maximum absolute atomic E-state index is 14.0. The van der Waals surface area contributed by atoms with Gasteiger partial charge in [-0.2, -0.15) is 5.10 Å². The van der Waals surface area contributed by atoms with Crippen LogP contribution in [0.1, 0.15) is 28.1 Å². The number of oxime groups is 1. The van der Waals surface area contributed by atoms with Gasteiger partial charge in [-0.25, -0.2) is 4.39 Å². The third kappa shape index (κ3) is 2.49. The average Bonchev–Trinajstić information content (AvgIpc) is 2.67. The summed E-state index contributed by atoms with van der Waals surface area (Å²) in [5.74, 6) is -0.517. The van der Waals surface area contributed by atoms with E-state index >= 15 is 0 Å². The van der Waals surface area contributed by atoms with Crippen molar-refractivity contribution in [2.75, 3.05) is 0 Å². The summed E-state index contributed by atoms with van der Waals surface area (Å²) >= 11 is 0. The van der Waals surface area contributed by atoms with Crippen LogP contribution in [0.2, 0.25) is 0 Å². The summed E-state index contributed by atoms with van der Waals surface area (Å²) in [7, 11) is 0. The fourth-order valence-corrected chi connectivity index (χ4v) is 1.99. The number of nitrogens with two attached hydrogens (primary N) is 1. The number of amidine groups is 1. The molecule has 20 heavy (non-hydrogen) atoms. The standard InChI is InChI=1S/C14H17FN4O/c1-8-9(2)17-19(10(8)3)7-12-5-4-11(6-13(12)15)14(16)18-20/h4-6,20H,7H2,1-3H3,(H2,16,18). The van der Waals surface area contributed by atoms with Crippen LogP contribution in [0.5, 0.6) is 0 Å². The van der Waals surface area contributed by atoms with E-state index in [1.165, 1.54) is 6.07 Å². The lowest BCUT2D eigenvalue weighted by molar-refractivity contribution is 0.318. The molecule has 1 heterocycles. The second-order valence-corrected chi connectivity index (χ2v) is 4.74. The molecule has 0 aliphatic heterocycles. The molecule has 0 bridgehead atoms. The molecule has 0 saturated heterocycles. The van der Waals surface area contributed by atoms with E-state index in [0.717, 1.165) is 17.0 Å². The van der Waals surface area contributed by atoms with Gasteiger partial charge in [0.25, 0.3) is 0 Å². The normalized spacial score (nSPS) is 11.9. The van der Waals surface area contributed by atoms with Crippen LogP contribution < -0.4 is 5.73 Å². The molecule has 1 aromatic carbocycles. The lowest BCUT2D eigenvalue weighted by Crippen LogP contribution is -2.14. The molecule has 0 saturated carbocycles. The SMILES string of the molecule is Cc1nn(Cc2ccc(/C(N)=N/O)cc2F)c(C)c1C. The van der Waals surface area contributed by atoms with E-state index < -0.39 is 5.82 Å². The number of hydrogen-bond acceptors (Lipinski definition) is 3. The van der Waals surface area contributed by atoms with Gasteiger partial charge in [-0.1, -0.05) is 17.3 Å². The zero-order valence-electron chi connectivity index (χ0n) is 11.7. The van der Waals surface area contributed by atoms with Crippen LogP contribution >= 0.6 is 0 Å². The third-order valence-corrected chi connectivity index (χ3v) is 3.52. The zero-order chi connectivity index (χ0) is 14.9. The van der Waals surface area contributed by atoms with Crippen molar-refractivity contribution >= 4 is 5.84 Å². The largest absolute Gasteiger partial charge is 0.409 e. The van der Waals surface area contributed by atoms with Crippen LogP contribution in [0.25, 0.3) is 0 Å². The van der Waals surface area contributed by atoms with Gasteiger partial charge in [-0.05, 0) is 32.4 Å². The van der Waals surface area contributed by atoms with E-state index in [2.05, 4.69) is 10.3 Å². The van der Waals surface area contributed by atoms with Gasteiger partial charge in [0.15, 0.2) is 5.84 Å². The van der Waals surface area contributed by atoms with Gasteiger partial charge in [0.1, 0.15) is 5.82 Å². The van der Waals surface area contributed by atoms with E-state index in [-0.39, 0.29) is 5.84 Å². The molecule has 0 aliphatic rings. The second-order valence-electron chi connectivity index (χ2n) is 4.74. The Morgan fingerprint density at radius 3 is 2.60 bits per heavy atom. The van der Waals surface area contributed by atoms with E-state index in [1.807, 2.05) is 20.8 Å². The fraction of sp³-hybridized carbons (Fsp3) is 0.286. The monoisotopic (exact) mass is 276 g/mol. The lowest BCUT2D eigenvalue weighted by Gasteiger charge is -2.08. The first kappa shape index (κ1) is 14.0. The minimum atomic E-state index is -0.403. The highest BCUT2D eigenvalue weighted by atomic mass is 19.1. The molecule has 2 aromatic rings. The fourth-order valence-electron chi connectivity index (χ4n) is 1.99. The maximum atomic E-state index is 14.0. The summed E-state index contributed by atoms with van der Waals surface area (Å²) in [5.41, 5.74) is 9.35. The van der Waals surface area contributed by atoms with Gasteiger partial charge in [0.05, 0.1) is 12.2 Å². The van der Waals surface area contributed by atoms with Crippen LogP contribution in [0, 0.1) is 26.6 Å². The van der Waals surface area contributed by atoms with Crippen molar-refractivity contribution in [2.45, 2.75) is 27.3 Å². The quantitative estimate of drug-likeness (QED) is 0.390. The van der Waals surface area contributed by atoms with Gasteiger partial charge < -0.3 is 10.9 Å². The summed E-state index contributed by atoms with van der Waals surface area (Å²) in [6.45, 7) is 6.23. The smallest absolute Gasteiger partial charge is 0.170 e. The molecule has 2 rings (SSSR count). The molecule has 0 fully saturated rings. The van der Waals surface area contributed by atoms with Crippen molar-refractivity contribution < 1.29 is 9.60 Å². The van der Waals surface area contributed by atoms with E-state index in [9.17, 15) is 4.39 Å². The Hall–Kier alpha value is -2.37. The molecule has 0 spiro atoms. The van der Waals surface area contributed by atoms with Crippen LogP contribution in [0.15, 0.2) is 23.4 Å². The molecule has 0 radical (unpaired) electrons. The first-order valence-electron chi connectivity index (χ1n) is 6.21. The number of halogens is 1. The van der Waals surface area contributed by atoms with E-state index in [0.29, 0.717) is 17.7 Å². The molecule has 0 unspecified atom stereocenters. The summed E-state index contributed by atoms with van der Waals surface area (Å²) in [4.78, 5) is 0. The zero-order valence-corrected chi connectivity index (χ0v) is 11.7. The summed E-state index contributed by atoms with van der Waals surface area (Å²) in [6.07, 6.45) is 0. The number of nitrogens with zero attached hydrogens (tertiary/aromatic N) is 3. The van der Waals surface area contributed by atoms with Gasteiger partial charge in [-0.3, -0.25) is 4.68 Å². The molecule has 0 atom stereocenters. The van der Waals surface area contributed by atoms with Crippen molar-refractivity contribution in [3.8, 4) is 0 Å². The van der Waals surface area contributed by atoms with Crippen LogP contribution in [-0.4, -0.2) is 20.8 Å². The highest BCUT2D eigenvalue weighted by Gasteiger charge is 2.11. The van der Waals surface area contributed by atoms with Crippen molar-refractivity contribution in [3.63, 3.8) is 0 Å². The van der Waals surface area contributed by atoms with Gasteiger partial charge in [0.2, 0.25) is 0 Å². The van der Waals surface area contributed by atoms with Crippen LogP contribution in [0.4, 0.5) is 4.39 Å². The van der Waals surface area contributed by atoms with Crippen LogP contribution in [0.3, 0.4) is 0 Å². The predicted octanol–water partition coefficient (Wildman–Crippen LogP) is 2.09. The minimum Gasteiger partial charge on any atom is -0.409 e. The first-order chi connectivity index (χ1) is 9.43. The topological polar surface area (TPSA) is 76.4 Å². The van der Waals surface area contributed by atoms with Crippen molar-refractivity contribution in [1.82, 2.24) is 9.78 Å². The predicted molar refractivity (Wildman–Crippen MR) is 74.5 cm³/mol. The Kier molecular flexibility index (Phi) is 3.74. The van der Waals surface area contributed by atoms with E-state index in [1.54, 1.807) is 16.8 Å². The summed E-state index contributed by atoms with van der Waals surface area (Å²) in [6, 6.07) is 4.49. The molecule has 106 valence electrons. The Balaban J connectivity index is 2.33. The number of hydrogen-bond donors (Lipinski definition) is 2. The highest BCUT2D eigenvalue weighted by Crippen LogP contribution is 2.16.